The third-order valence-corrected chi connectivity index (χ3v) is 6.19. The van der Waals surface area contributed by atoms with Gasteiger partial charge in [0.25, 0.3) is 5.91 Å². The van der Waals surface area contributed by atoms with Gasteiger partial charge in [-0.05, 0) is 54.6 Å². The molecule has 0 fully saturated rings. The minimum atomic E-state index is -0.266. The summed E-state index contributed by atoms with van der Waals surface area (Å²) in [5.74, 6) is -0.258. The monoisotopic (exact) mass is 385 g/mol. The fourth-order valence-electron chi connectivity index (χ4n) is 2.63. The van der Waals surface area contributed by atoms with Gasteiger partial charge in [0.15, 0.2) is 0 Å². The van der Waals surface area contributed by atoms with E-state index < -0.39 is 0 Å². The van der Waals surface area contributed by atoms with Gasteiger partial charge in [-0.15, -0.1) is 23.1 Å². The highest BCUT2D eigenvalue weighted by molar-refractivity contribution is 7.98. The molecule has 0 spiro atoms. The Morgan fingerprint density at radius 2 is 1.69 bits per heavy atom. The third kappa shape index (κ3) is 3.84. The van der Waals surface area contributed by atoms with Crippen LogP contribution in [0.15, 0.2) is 59.5 Å². The summed E-state index contributed by atoms with van der Waals surface area (Å²) in [6.07, 6.45) is 2.04. The van der Waals surface area contributed by atoms with Crippen LogP contribution in [0.5, 0.6) is 0 Å². The minimum Gasteiger partial charge on any atom is -0.341 e. The van der Waals surface area contributed by atoms with E-state index in [-0.39, 0.29) is 11.7 Å². The molecule has 0 saturated heterocycles. The molecule has 3 rings (SSSR count). The summed E-state index contributed by atoms with van der Waals surface area (Å²) < 4.78 is 13.3. The number of thioether (sulfide) groups is 1. The van der Waals surface area contributed by atoms with Crippen LogP contribution in [0.4, 0.5) is 4.39 Å². The topological polar surface area (TPSA) is 20.3 Å². The van der Waals surface area contributed by atoms with Crippen LogP contribution in [0.2, 0.25) is 0 Å². The van der Waals surface area contributed by atoms with E-state index in [2.05, 4.69) is 24.3 Å². The predicted octanol–water partition coefficient (Wildman–Crippen LogP) is 6.04. The van der Waals surface area contributed by atoms with Crippen LogP contribution in [-0.2, 0) is 0 Å². The van der Waals surface area contributed by atoms with E-state index in [4.69, 9.17) is 0 Å². The molecule has 1 heterocycles. The van der Waals surface area contributed by atoms with Crippen LogP contribution < -0.4 is 0 Å². The van der Waals surface area contributed by atoms with Crippen LogP contribution >= 0.6 is 23.1 Å². The molecule has 26 heavy (non-hydrogen) atoms. The van der Waals surface area contributed by atoms with E-state index in [1.165, 1.54) is 28.4 Å². The van der Waals surface area contributed by atoms with Gasteiger partial charge in [-0.2, -0.15) is 0 Å². The van der Waals surface area contributed by atoms with Gasteiger partial charge in [0.2, 0.25) is 0 Å². The average Bonchev–Trinajstić information content (AvgIpc) is 3.12. The molecule has 0 saturated carbocycles. The van der Waals surface area contributed by atoms with E-state index in [0.717, 1.165) is 21.6 Å². The molecule has 2 nitrogen and oxygen atoms in total. The lowest BCUT2D eigenvalue weighted by molar-refractivity contribution is 0.0807. The van der Waals surface area contributed by atoms with Gasteiger partial charge in [0.05, 0.1) is 4.88 Å². The number of benzene rings is 2. The zero-order valence-corrected chi connectivity index (χ0v) is 16.6. The van der Waals surface area contributed by atoms with Crippen LogP contribution in [0.25, 0.3) is 21.6 Å². The summed E-state index contributed by atoms with van der Waals surface area (Å²) >= 11 is 3.15. The van der Waals surface area contributed by atoms with Crippen molar-refractivity contribution in [2.24, 2.45) is 0 Å². The van der Waals surface area contributed by atoms with Crippen molar-refractivity contribution in [3.8, 4) is 21.6 Å². The lowest BCUT2D eigenvalue weighted by Gasteiger charge is -2.12. The molecular formula is C21H20FNOS2. The van der Waals surface area contributed by atoms with Crippen LogP contribution in [0.3, 0.4) is 0 Å². The summed E-state index contributed by atoms with van der Waals surface area (Å²) in [6, 6.07) is 16.7. The molecule has 0 bridgehead atoms. The predicted molar refractivity (Wildman–Crippen MR) is 110 cm³/mol. The number of hydrogen-bond acceptors (Lipinski definition) is 3. The van der Waals surface area contributed by atoms with Gasteiger partial charge in [-0.3, -0.25) is 4.79 Å². The molecule has 0 aliphatic heterocycles. The second-order valence-electron chi connectivity index (χ2n) is 5.91. The molecular weight excluding hydrogens is 365 g/mol. The second kappa shape index (κ2) is 8.06. The molecule has 5 heteroatoms. The molecule has 0 aliphatic carbocycles. The molecule has 134 valence electrons. The summed E-state index contributed by atoms with van der Waals surface area (Å²) in [5, 5.41) is 0. The fourth-order valence-corrected chi connectivity index (χ4v) is 4.22. The highest BCUT2D eigenvalue weighted by Crippen LogP contribution is 2.40. The number of carbonyl (C=O) groups excluding carboxylic acids is 1. The Labute approximate surface area is 161 Å². The SMILES string of the molecule is CCN(C)C(=O)c1cc(-c2ccc(SC)cc2)c(-c2ccc(F)cc2)s1. The summed E-state index contributed by atoms with van der Waals surface area (Å²) in [6.45, 7) is 2.61. The van der Waals surface area contributed by atoms with Crippen molar-refractivity contribution in [1.82, 2.24) is 4.90 Å². The largest absolute Gasteiger partial charge is 0.341 e. The summed E-state index contributed by atoms with van der Waals surface area (Å²) in [4.78, 5) is 17.2. The van der Waals surface area contributed by atoms with Gasteiger partial charge >= 0.3 is 0 Å². The van der Waals surface area contributed by atoms with Crippen LogP contribution in [0.1, 0.15) is 16.6 Å². The van der Waals surface area contributed by atoms with Gasteiger partial charge in [0.1, 0.15) is 5.82 Å². The fraction of sp³-hybridized carbons (Fsp3) is 0.190. The number of amides is 1. The van der Waals surface area contributed by atoms with Crippen molar-refractivity contribution in [2.45, 2.75) is 11.8 Å². The van der Waals surface area contributed by atoms with Crippen molar-refractivity contribution >= 4 is 29.0 Å². The maximum atomic E-state index is 13.3. The van der Waals surface area contributed by atoms with E-state index in [1.807, 2.05) is 19.2 Å². The van der Waals surface area contributed by atoms with E-state index in [9.17, 15) is 9.18 Å². The number of carbonyl (C=O) groups is 1. The maximum absolute atomic E-state index is 13.3. The molecule has 0 atom stereocenters. The molecule has 0 N–H and O–H groups in total. The zero-order chi connectivity index (χ0) is 18.7. The molecule has 0 aliphatic rings. The first-order valence-electron chi connectivity index (χ1n) is 8.33. The molecule has 0 unspecified atom stereocenters. The maximum Gasteiger partial charge on any atom is 0.263 e. The van der Waals surface area contributed by atoms with E-state index in [1.54, 1.807) is 35.8 Å². The first-order valence-corrected chi connectivity index (χ1v) is 10.4. The van der Waals surface area contributed by atoms with Crippen LogP contribution in [0, 0.1) is 5.82 Å². The zero-order valence-electron chi connectivity index (χ0n) is 15.0. The van der Waals surface area contributed by atoms with Crippen molar-refractivity contribution in [3.63, 3.8) is 0 Å². The summed E-state index contributed by atoms with van der Waals surface area (Å²) in [5.41, 5.74) is 2.97. The lowest BCUT2D eigenvalue weighted by atomic mass is 10.0. The molecule has 1 amide bonds. The average molecular weight is 386 g/mol. The number of hydrogen-bond donors (Lipinski definition) is 0. The highest BCUT2D eigenvalue weighted by atomic mass is 32.2. The van der Waals surface area contributed by atoms with Crippen molar-refractivity contribution < 1.29 is 9.18 Å². The first-order chi connectivity index (χ1) is 12.5. The van der Waals surface area contributed by atoms with Crippen molar-refractivity contribution in [2.75, 3.05) is 19.8 Å². The standard InChI is InChI=1S/C21H20FNOS2/c1-4-23(2)21(24)19-13-18(14-7-11-17(25-3)12-8-14)20(26-19)15-5-9-16(22)10-6-15/h5-13H,4H2,1-3H3. The van der Waals surface area contributed by atoms with Crippen molar-refractivity contribution in [1.29, 1.82) is 0 Å². The second-order valence-corrected chi connectivity index (χ2v) is 7.84. The van der Waals surface area contributed by atoms with Gasteiger partial charge < -0.3 is 4.90 Å². The molecule has 3 aromatic rings. The normalized spacial score (nSPS) is 10.8. The Hall–Kier alpha value is -2.11. The molecule has 0 radical (unpaired) electrons. The number of thiophene rings is 1. The molecule has 1 aromatic heterocycles. The number of halogens is 1. The Morgan fingerprint density at radius 3 is 2.27 bits per heavy atom. The van der Waals surface area contributed by atoms with Crippen LogP contribution in [-0.4, -0.2) is 30.7 Å². The van der Waals surface area contributed by atoms with E-state index >= 15 is 0 Å². The Kier molecular flexibility index (Phi) is 5.79. The third-order valence-electron chi connectivity index (χ3n) is 4.27. The molecule has 2 aromatic carbocycles. The van der Waals surface area contributed by atoms with Gasteiger partial charge in [-0.1, -0.05) is 24.3 Å². The first kappa shape index (κ1) is 18.7. The Bertz CT molecular complexity index is 901. The lowest BCUT2D eigenvalue weighted by Crippen LogP contribution is -2.25. The Balaban J connectivity index is 2.11. The number of nitrogens with zero attached hydrogens (tertiary/aromatic N) is 1. The van der Waals surface area contributed by atoms with Crippen molar-refractivity contribution in [3.05, 3.63) is 65.3 Å². The Morgan fingerprint density at radius 1 is 1.08 bits per heavy atom. The highest BCUT2D eigenvalue weighted by Gasteiger charge is 2.19. The van der Waals surface area contributed by atoms with Gasteiger partial charge in [-0.25, -0.2) is 4.39 Å². The van der Waals surface area contributed by atoms with E-state index in [0.29, 0.717) is 11.4 Å². The summed E-state index contributed by atoms with van der Waals surface area (Å²) in [7, 11) is 1.80. The van der Waals surface area contributed by atoms with Gasteiger partial charge in [0, 0.05) is 28.9 Å². The smallest absolute Gasteiger partial charge is 0.263 e. The minimum absolute atomic E-state index is 0.00726. The number of rotatable bonds is 5. The quantitative estimate of drug-likeness (QED) is 0.499.